The summed E-state index contributed by atoms with van der Waals surface area (Å²) in [5, 5.41) is 7.93. The first-order valence-electron chi connectivity index (χ1n) is 5.59. The fourth-order valence-electron chi connectivity index (χ4n) is 1.16. The van der Waals surface area contributed by atoms with Crippen molar-refractivity contribution in [2.75, 3.05) is 0 Å². The maximum absolute atomic E-state index is 10.1. The Kier molecular flexibility index (Phi) is 13.2. The zero-order valence-corrected chi connectivity index (χ0v) is 12.0. The predicted molar refractivity (Wildman–Crippen MR) is 64.7 cm³/mol. The van der Waals surface area contributed by atoms with E-state index in [-0.39, 0.29) is 19.5 Å². The van der Waals surface area contributed by atoms with Crippen molar-refractivity contribution < 1.29 is 39.0 Å². The van der Waals surface area contributed by atoms with Crippen LogP contribution in [0.3, 0.4) is 0 Å². The maximum atomic E-state index is 10.1. The van der Waals surface area contributed by atoms with E-state index in [1.165, 1.54) is 32.6 Å². The first kappa shape index (κ1) is 19.3. The van der Waals surface area contributed by atoms with Gasteiger partial charge in [-0.05, 0) is 32.6 Å². The number of carboxylic acid groups (broad SMARTS) is 1. The summed E-state index contributed by atoms with van der Waals surface area (Å²) in [6.07, 6.45) is 13.5. The van der Waals surface area contributed by atoms with E-state index >= 15 is 0 Å². The van der Waals surface area contributed by atoms with Gasteiger partial charge in [-0.1, -0.05) is 24.3 Å². The van der Waals surface area contributed by atoms with Gasteiger partial charge in [0.15, 0.2) is 0 Å². The van der Waals surface area contributed by atoms with Gasteiger partial charge in [-0.3, -0.25) is 9.59 Å². The van der Waals surface area contributed by atoms with Gasteiger partial charge in [-0.15, -0.1) is 0 Å². The quantitative estimate of drug-likeness (QED) is 0.370. The van der Waals surface area contributed by atoms with Crippen LogP contribution < -0.4 is 0 Å². The van der Waals surface area contributed by atoms with E-state index in [1.807, 2.05) is 0 Å². The van der Waals surface area contributed by atoms with Gasteiger partial charge in [0, 0.05) is 19.5 Å². The Morgan fingerprint density at radius 1 is 0.944 bits per heavy atom. The smallest absolute Gasteiger partial charge is 0.372 e. The topological polar surface area (TPSA) is 71.4 Å². The number of carbonyl (C=O) groups is 3. The first-order chi connectivity index (χ1) is 8.04. The van der Waals surface area contributed by atoms with Crippen molar-refractivity contribution in [3.8, 4) is 0 Å². The summed E-state index contributed by atoms with van der Waals surface area (Å²) in [6, 6.07) is 0. The zero-order valence-electron chi connectivity index (χ0n) is 10.4. The molecular weight excluding hydrogens is 323 g/mol. The molecule has 0 saturated heterocycles. The van der Waals surface area contributed by atoms with Crippen LogP contribution in [0.5, 0.6) is 0 Å². The molecule has 0 unspecified atom stereocenters. The van der Waals surface area contributed by atoms with Crippen molar-refractivity contribution in [2.45, 2.75) is 39.0 Å². The molecule has 0 amide bonds. The van der Waals surface area contributed by atoms with Gasteiger partial charge < -0.3 is 5.11 Å². The van der Waals surface area contributed by atoms with Crippen LogP contribution >= 0.6 is 0 Å². The summed E-state index contributed by atoms with van der Waals surface area (Å²) in [5.74, 6) is -3.03. The second kappa shape index (κ2) is 12.4. The number of aliphatic carboxylic acids is 1. The SMILES string of the molecule is C1=CCC/C=C\CC1.CC(=O)CC(=O)C(=O)O.[Rh]. The van der Waals surface area contributed by atoms with Gasteiger partial charge in [-0.25, -0.2) is 4.79 Å². The van der Waals surface area contributed by atoms with Crippen LogP contribution in [0.15, 0.2) is 24.3 Å². The van der Waals surface area contributed by atoms with Crippen molar-refractivity contribution in [1.29, 1.82) is 0 Å². The van der Waals surface area contributed by atoms with Crippen molar-refractivity contribution >= 4 is 17.5 Å². The van der Waals surface area contributed by atoms with Crippen molar-refractivity contribution in [3.05, 3.63) is 24.3 Å². The van der Waals surface area contributed by atoms with E-state index in [1.54, 1.807) is 0 Å². The second-order valence-electron chi connectivity index (χ2n) is 3.70. The molecular formula is C13H18O4Rh. The molecule has 0 spiro atoms. The fourth-order valence-corrected chi connectivity index (χ4v) is 1.16. The van der Waals surface area contributed by atoms with Gasteiger partial charge in [0.1, 0.15) is 5.78 Å². The van der Waals surface area contributed by atoms with Gasteiger partial charge in [-0.2, -0.15) is 0 Å². The fraction of sp³-hybridized carbons (Fsp3) is 0.462. The molecule has 0 aromatic carbocycles. The van der Waals surface area contributed by atoms with Crippen LogP contribution in [0, 0.1) is 0 Å². The molecule has 1 aliphatic rings. The van der Waals surface area contributed by atoms with Crippen LogP contribution in [-0.2, 0) is 33.9 Å². The first-order valence-corrected chi connectivity index (χ1v) is 5.59. The van der Waals surface area contributed by atoms with E-state index in [4.69, 9.17) is 5.11 Å². The molecule has 1 rings (SSSR count). The standard InChI is InChI=1S/C8H12.C5H6O4.Rh/c1-2-4-6-8-7-5-3-1;1-3(6)2-4(7)5(8)9;/h1-2,7-8H,3-6H2;2H2,1H3,(H,8,9);/b2-1-,8-7?;;. The number of rotatable bonds is 3. The Morgan fingerprint density at radius 2 is 1.28 bits per heavy atom. The molecule has 1 N–H and O–H groups in total. The van der Waals surface area contributed by atoms with E-state index in [9.17, 15) is 14.4 Å². The van der Waals surface area contributed by atoms with E-state index in [0.717, 1.165) is 0 Å². The third kappa shape index (κ3) is 13.0. The van der Waals surface area contributed by atoms with Gasteiger partial charge >= 0.3 is 5.97 Å². The summed E-state index contributed by atoms with van der Waals surface area (Å²) < 4.78 is 0. The van der Waals surface area contributed by atoms with Crippen LogP contribution in [-0.4, -0.2) is 22.6 Å². The molecule has 0 aromatic heterocycles. The molecule has 0 atom stereocenters. The van der Waals surface area contributed by atoms with E-state index in [2.05, 4.69) is 24.3 Å². The Labute approximate surface area is 120 Å². The average Bonchev–Trinajstić information content (AvgIpc) is 2.15. The van der Waals surface area contributed by atoms with Crippen LogP contribution in [0.1, 0.15) is 39.0 Å². The summed E-state index contributed by atoms with van der Waals surface area (Å²) >= 11 is 0. The minimum absolute atomic E-state index is 0. The zero-order chi connectivity index (χ0) is 13.1. The average molecular weight is 341 g/mol. The Bertz CT molecular complexity index is 306. The molecule has 1 radical (unpaired) electrons. The molecule has 5 heteroatoms. The Balaban J connectivity index is 0. The van der Waals surface area contributed by atoms with Gasteiger partial charge in [0.2, 0.25) is 5.78 Å². The normalized spacial score (nSPS) is 14.9. The summed E-state index contributed by atoms with van der Waals surface area (Å²) in [7, 11) is 0. The Morgan fingerprint density at radius 3 is 1.44 bits per heavy atom. The summed E-state index contributed by atoms with van der Waals surface area (Å²) in [4.78, 5) is 29.9. The van der Waals surface area contributed by atoms with E-state index < -0.39 is 24.0 Å². The maximum Gasteiger partial charge on any atom is 0.372 e. The molecule has 0 aliphatic heterocycles. The number of ketones is 2. The molecule has 0 fully saturated rings. The Hall–Kier alpha value is -1.09. The number of carboxylic acids is 1. The van der Waals surface area contributed by atoms with Crippen molar-refractivity contribution in [2.24, 2.45) is 0 Å². The molecule has 0 saturated carbocycles. The van der Waals surface area contributed by atoms with Crippen LogP contribution in [0.4, 0.5) is 0 Å². The molecule has 4 nitrogen and oxygen atoms in total. The van der Waals surface area contributed by atoms with Gasteiger partial charge in [0.25, 0.3) is 0 Å². The number of carbonyl (C=O) groups excluding carboxylic acids is 2. The molecule has 0 bridgehead atoms. The minimum atomic E-state index is -1.55. The van der Waals surface area contributed by atoms with Crippen LogP contribution in [0.2, 0.25) is 0 Å². The van der Waals surface area contributed by atoms with Crippen molar-refractivity contribution in [3.63, 3.8) is 0 Å². The van der Waals surface area contributed by atoms with Crippen molar-refractivity contribution in [1.82, 2.24) is 0 Å². The third-order valence-corrected chi connectivity index (χ3v) is 1.98. The molecule has 18 heavy (non-hydrogen) atoms. The largest absolute Gasteiger partial charge is 0.475 e. The molecule has 1 aliphatic carbocycles. The second-order valence-corrected chi connectivity index (χ2v) is 3.70. The third-order valence-electron chi connectivity index (χ3n) is 1.98. The van der Waals surface area contributed by atoms with E-state index in [0.29, 0.717) is 0 Å². The number of allylic oxidation sites excluding steroid dienone is 4. The minimum Gasteiger partial charge on any atom is -0.475 e. The van der Waals surface area contributed by atoms with Crippen LogP contribution in [0.25, 0.3) is 0 Å². The molecule has 0 aromatic rings. The summed E-state index contributed by atoms with van der Waals surface area (Å²) in [5.41, 5.74) is 0. The molecule has 0 heterocycles. The monoisotopic (exact) mass is 341 g/mol. The number of Topliss-reactive ketones (excluding diaryl/α,β-unsaturated/α-hetero) is 2. The predicted octanol–water partition coefficient (Wildman–Crippen LogP) is 2.29. The summed E-state index contributed by atoms with van der Waals surface area (Å²) in [6.45, 7) is 1.17. The number of hydrogen-bond acceptors (Lipinski definition) is 3. The molecule has 103 valence electrons. The van der Waals surface area contributed by atoms with Gasteiger partial charge in [0.05, 0.1) is 6.42 Å². The number of hydrogen-bond donors (Lipinski definition) is 1.